The van der Waals surface area contributed by atoms with Gasteiger partial charge in [0.1, 0.15) is 5.82 Å². The van der Waals surface area contributed by atoms with Gasteiger partial charge in [-0.15, -0.1) is 0 Å². The van der Waals surface area contributed by atoms with Crippen LogP contribution in [0.25, 0.3) is 0 Å². The van der Waals surface area contributed by atoms with Crippen LogP contribution in [0.1, 0.15) is 15.9 Å². The highest BCUT2D eigenvalue weighted by molar-refractivity contribution is 6.33. The zero-order chi connectivity index (χ0) is 15.4. The fraction of sp³-hybridized carbons (Fsp3) is 0.0667. The number of hydrogen-bond acceptors (Lipinski definition) is 2. The van der Waals surface area contributed by atoms with Crippen LogP contribution < -0.4 is 5.32 Å². The Kier molecular flexibility index (Phi) is 4.55. The molecule has 0 saturated heterocycles. The Bertz CT molecular complexity index is 683. The number of halogens is 2. The number of carbonyl (C=O) groups is 2. The summed E-state index contributed by atoms with van der Waals surface area (Å²) in [6.07, 6.45) is -0.187. The highest BCUT2D eigenvalue weighted by atomic mass is 35.5. The lowest BCUT2D eigenvalue weighted by atomic mass is 10.0. The predicted octanol–water partition coefficient (Wildman–Crippen LogP) is 3.36. The zero-order valence-electron chi connectivity index (χ0n) is 10.8. The quantitative estimate of drug-likeness (QED) is 0.910. The third kappa shape index (κ3) is 3.58. The second-order valence-electron chi connectivity index (χ2n) is 4.28. The Morgan fingerprint density at radius 1 is 1.14 bits per heavy atom. The first-order valence-electron chi connectivity index (χ1n) is 6.04. The summed E-state index contributed by atoms with van der Waals surface area (Å²) >= 11 is 5.81. The van der Waals surface area contributed by atoms with E-state index in [-0.39, 0.29) is 22.7 Å². The van der Waals surface area contributed by atoms with Crippen LogP contribution in [0.4, 0.5) is 10.1 Å². The molecular formula is C15H11ClFNO3. The van der Waals surface area contributed by atoms with Crippen LogP contribution >= 0.6 is 11.6 Å². The van der Waals surface area contributed by atoms with Crippen molar-refractivity contribution in [2.75, 3.05) is 5.32 Å². The maximum Gasteiger partial charge on any atom is 0.335 e. The van der Waals surface area contributed by atoms with Crippen molar-refractivity contribution < 1.29 is 19.1 Å². The first-order valence-corrected chi connectivity index (χ1v) is 6.42. The molecule has 2 aromatic rings. The zero-order valence-corrected chi connectivity index (χ0v) is 11.5. The van der Waals surface area contributed by atoms with E-state index >= 15 is 0 Å². The summed E-state index contributed by atoms with van der Waals surface area (Å²) in [7, 11) is 0. The molecule has 0 bridgehead atoms. The minimum atomic E-state index is -1.12. The van der Waals surface area contributed by atoms with Gasteiger partial charge in [-0.25, -0.2) is 9.18 Å². The third-order valence-corrected chi connectivity index (χ3v) is 3.14. The first kappa shape index (κ1) is 15.0. The number of carboxylic acids is 1. The molecule has 0 heterocycles. The van der Waals surface area contributed by atoms with Crippen molar-refractivity contribution in [2.24, 2.45) is 0 Å². The molecule has 0 fully saturated rings. The second-order valence-corrected chi connectivity index (χ2v) is 4.69. The monoisotopic (exact) mass is 307 g/mol. The summed E-state index contributed by atoms with van der Waals surface area (Å²) in [5.74, 6) is -2.32. The highest BCUT2D eigenvalue weighted by Crippen LogP contribution is 2.24. The van der Waals surface area contributed by atoms with Crippen molar-refractivity contribution in [3.05, 3.63) is 64.4 Å². The van der Waals surface area contributed by atoms with Gasteiger partial charge in [-0.1, -0.05) is 35.9 Å². The van der Waals surface area contributed by atoms with E-state index in [0.29, 0.717) is 5.56 Å². The van der Waals surface area contributed by atoms with Crippen molar-refractivity contribution in [3.63, 3.8) is 0 Å². The van der Waals surface area contributed by atoms with Gasteiger partial charge in [-0.2, -0.15) is 0 Å². The van der Waals surface area contributed by atoms with E-state index in [0.717, 1.165) is 0 Å². The molecule has 0 spiro atoms. The summed E-state index contributed by atoms with van der Waals surface area (Å²) in [6.45, 7) is 0. The Balaban J connectivity index is 2.18. The molecule has 21 heavy (non-hydrogen) atoms. The number of nitrogens with one attached hydrogen (secondary N) is 1. The van der Waals surface area contributed by atoms with E-state index in [9.17, 15) is 14.0 Å². The number of anilines is 1. The summed E-state index contributed by atoms with van der Waals surface area (Å²) in [5, 5.41) is 11.5. The summed E-state index contributed by atoms with van der Waals surface area (Å²) in [5.41, 5.74) is 0.263. The maximum atomic E-state index is 13.6. The van der Waals surface area contributed by atoms with Gasteiger partial charge >= 0.3 is 5.97 Å². The van der Waals surface area contributed by atoms with Crippen LogP contribution in [-0.4, -0.2) is 17.0 Å². The number of para-hydroxylation sites is 1. The van der Waals surface area contributed by atoms with E-state index in [1.165, 1.54) is 30.3 Å². The second kappa shape index (κ2) is 6.37. The number of aromatic carboxylic acids is 1. The van der Waals surface area contributed by atoms with Crippen molar-refractivity contribution in [3.8, 4) is 0 Å². The van der Waals surface area contributed by atoms with E-state index in [1.807, 2.05) is 0 Å². The van der Waals surface area contributed by atoms with Crippen LogP contribution in [0.15, 0.2) is 42.5 Å². The largest absolute Gasteiger partial charge is 0.478 e. The van der Waals surface area contributed by atoms with Gasteiger partial charge < -0.3 is 10.4 Å². The number of carboxylic acid groups (broad SMARTS) is 1. The Morgan fingerprint density at radius 2 is 1.86 bits per heavy atom. The summed E-state index contributed by atoms with van der Waals surface area (Å²) in [6, 6.07) is 10.2. The molecule has 0 unspecified atom stereocenters. The normalized spacial score (nSPS) is 10.2. The Labute approximate surface area is 125 Å². The molecule has 0 aliphatic rings. The molecule has 2 rings (SSSR count). The number of hydrogen-bond donors (Lipinski definition) is 2. The average Bonchev–Trinajstić information content (AvgIpc) is 2.43. The van der Waals surface area contributed by atoms with Gasteiger partial charge in [-0.05, 0) is 23.8 Å². The number of rotatable bonds is 4. The minimum Gasteiger partial charge on any atom is -0.478 e. The lowest BCUT2D eigenvalue weighted by Crippen LogP contribution is -2.17. The summed E-state index contributed by atoms with van der Waals surface area (Å²) in [4.78, 5) is 23.0. The number of benzene rings is 2. The molecule has 0 saturated carbocycles. The van der Waals surface area contributed by atoms with Crippen LogP contribution in [0.5, 0.6) is 0 Å². The minimum absolute atomic E-state index is 0.0345. The fourth-order valence-corrected chi connectivity index (χ4v) is 2.07. The molecule has 0 aliphatic heterocycles. The first-order chi connectivity index (χ1) is 9.99. The Morgan fingerprint density at radius 3 is 2.52 bits per heavy atom. The smallest absolute Gasteiger partial charge is 0.335 e. The van der Waals surface area contributed by atoms with E-state index in [1.54, 1.807) is 12.1 Å². The van der Waals surface area contributed by atoms with Crippen molar-refractivity contribution in [1.29, 1.82) is 0 Å². The van der Waals surface area contributed by atoms with Gasteiger partial charge in [0.25, 0.3) is 0 Å². The average molecular weight is 308 g/mol. The SMILES string of the molecule is O=C(Cc1ccccc1C(=O)O)Nc1c(F)cccc1Cl. The van der Waals surface area contributed by atoms with Crippen LogP contribution in [0, 0.1) is 5.82 Å². The molecule has 2 aromatic carbocycles. The standard InChI is InChI=1S/C15H11ClFNO3/c16-11-6-3-7-12(17)14(11)18-13(19)8-9-4-1-2-5-10(9)15(20)21/h1-7H,8H2,(H,18,19)(H,20,21). The highest BCUT2D eigenvalue weighted by Gasteiger charge is 2.15. The van der Waals surface area contributed by atoms with Gasteiger partial charge in [0.05, 0.1) is 22.7 Å². The molecule has 0 aliphatic carbocycles. The number of carbonyl (C=O) groups excluding carboxylic acids is 1. The maximum absolute atomic E-state index is 13.6. The van der Waals surface area contributed by atoms with Crippen LogP contribution in [0.3, 0.4) is 0 Å². The van der Waals surface area contributed by atoms with Crippen LogP contribution in [0.2, 0.25) is 5.02 Å². The Hall–Kier alpha value is -2.40. The van der Waals surface area contributed by atoms with Crippen LogP contribution in [-0.2, 0) is 11.2 Å². The van der Waals surface area contributed by atoms with E-state index in [4.69, 9.17) is 16.7 Å². The molecule has 6 heteroatoms. The van der Waals surface area contributed by atoms with Crippen molar-refractivity contribution >= 4 is 29.2 Å². The molecule has 108 valence electrons. The van der Waals surface area contributed by atoms with Gasteiger partial charge in [0.2, 0.25) is 5.91 Å². The van der Waals surface area contributed by atoms with Gasteiger partial charge in [0, 0.05) is 0 Å². The van der Waals surface area contributed by atoms with Gasteiger partial charge in [-0.3, -0.25) is 4.79 Å². The van der Waals surface area contributed by atoms with Crippen molar-refractivity contribution in [2.45, 2.75) is 6.42 Å². The molecule has 0 aromatic heterocycles. The van der Waals surface area contributed by atoms with Crippen molar-refractivity contribution in [1.82, 2.24) is 0 Å². The molecule has 1 amide bonds. The molecule has 0 radical (unpaired) electrons. The topological polar surface area (TPSA) is 66.4 Å². The molecule has 4 nitrogen and oxygen atoms in total. The molecule has 2 N–H and O–H groups in total. The lowest BCUT2D eigenvalue weighted by Gasteiger charge is -2.09. The van der Waals surface area contributed by atoms with E-state index in [2.05, 4.69) is 5.32 Å². The molecule has 0 atom stereocenters. The number of amides is 1. The predicted molar refractivity (Wildman–Crippen MR) is 77.1 cm³/mol. The van der Waals surface area contributed by atoms with Gasteiger partial charge in [0.15, 0.2) is 0 Å². The summed E-state index contributed by atoms with van der Waals surface area (Å²) < 4.78 is 13.6. The molecular weight excluding hydrogens is 297 g/mol. The van der Waals surface area contributed by atoms with E-state index < -0.39 is 17.7 Å². The third-order valence-electron chi connectivity index (χ3n) is 2.83. The lowest BCUT2D eigenvalue weighted by molar-refractivity contribution is -0.115. The fourth-order valence-electron chi connectivity index (χ4n) is 1.86.